The molecule has 134 valence electrons. The topological polar surface area (TPSA) is 42.2 Å². The number of furan rings is 1. The lowest BCUT2D eigenvalue weighted by molar-refractivity contribution is 0.0997. The van der Waals surface area contributed by atoms with Gasteiger partial charge in [-0.1, -0.05) is 62.2 Å². The first-order valence-electron chi connectivity index (χ1n) is 8.22. The van der Waals surface area contributed by atoms with Crippen molar-refractivity contribution >= 4 is 34.8 Å². The van der Waals surface area contributed by atoms with Crippen LogP contribution in [0.2, 0.25) is 10.0 Å². The van der Waals surface area contributed by atoms with Crippen molar-refractivity contribution in [1.82, 2.24) is 0 Å². The van der Waals surface area contributed by atoms with Crippen molar-refractivity contribution in [2.45, 2.75) is 26.2 Å². The van der Waals surface area contributed by atoms with E-state index < -0.39 is 0 Å². The molecule has 2 aromatic carbocycles. The van der Waals surface area contributed by atoms with Gasteiger partial charge in [-0.2, -0.15) is 0 Å². The normalized spacial score (nSPS) is 11.4. The lowest BCUT2D eigenvalue weighted by atomic mass is 9.87. The SMILES string of the molecule is CC(C)(C)c1ccc(NC(=O)c2ccc(-c3cccc(Cl)c3Cl)o2)cc1. The van der Waals surface area contributed by atoms with E-state index in [-0.39, 0.29) is 17.1 Å². The van der Waals surface area contributed by atoms with Crippen LogP contribution in [0.25, 0.3) is 11.3 Å². The zero-order chi connectivity index (χ0) is 18.9. The lowest BCUT2D eigenvalue weighted by Gasteiger charge is -2.19. The summed E-state index contributed by atoms with van der Waals surface area (Å²) in [6.07, 6.45) is 0. The van der Waals surface area contributed by atoms with Gasteiger partial charge in [0, 0.05) is 11.3 Å². The molecule has 0 atom stereocenters. The van der Waals surface area contributed by atoms with Gasteiger partial charge in [-0.25, -0.2) is 0 Å². The summed E-state index contributed by atoms with van der Waals surface area (Å²) in [4.78, 5) is 12.4. The van der Waals surface area contributed by atoms with Gasteiger partial charge in [-0.15, -0.1) is 0 Å². The van der Waals surface area contributed by atoms with E-state index >= 15 is 0 Å². The van der Waals surface area contributed by atoms with Crippen LogP contribution in [-0.2, 0) is 5.41 Å². The summed E-state index contributed by atoms with van der Waals surface area (Å²) in [5.41, 5.74) is 2.62. The molecule has 3 rings (SSSR count). The number of anilines is 1. The van der Waals surface area contributed by atoms with Crippen molar-refractivity contribution in [3.05, 3.63) is 76.0 Å². The minimum atomic E-state index is -0.321. The summed E-state index contributed by atoms with van der Waals surface area (Å²) in [6, 6.07) is 16.4. The van der Waals surface area contributed by atoms with E-state index in [9.17, 15) is 4.79 Å². The average molecular weight is 388 g/mol. The van der Waals surface area contributed by atoms with E-state index in [2.05, 4.69) is 26.1 Å². The fourth-order valence-corrected chi connectivity index (χ4v) is 2.94. The molecule has 3 nitrogen and oxygen atoms in total. The molecule has 0 radical (unpaired) electrons. The molecule has 0 bridgehead atoms. The number of hydrogen-bond donors (Lipinski definition) is 1. The van der Waals surface area contributed by atoms with Gasteiger partial charge >= 0.3 is 0 Å². The van der Waals surface area contributed by atoms with Crippen LogP contribution in [-0.4, -0.2) is 5.91 Å². The Morgan fingerprint density at radius 3 is 2.31 bits per heavy atom. The van der Waals surface area contributed by atoms with Crippen molar-refractivity contribution in [1.29, 1.82) is 0 Å². The van der Waals surface area contributed by atoms with Crippen molar-refractivity contribution < 1.29 is 9.21 Å². The molecule has 26 heavy (non-hydrogen) atoms. The molecule has 0 spiro atoms. The van der Waals surface area contributed by atoms with Crippen molar-refractivity contribution in [2.75, 3.05) is 5.32 Å². The third-order valence-corrected chi connectivity index (χ3v) is 4.87. The molecular weight excluding hydrogens is 369 g/mol. The average Bonchev–Trinajstić information content (AvgIpc) is 3.07. The Hall–Kier alpha value is -2.23. The molecule has 0 fully saturated rings. The Morgan fingerprint density at radius 2 is 1.65 bits per heavy atom. The van der Waals surface area contributed by atoms with Crippen LogP contribution in [0.3, 0.4) is 0 Å². The second kappa shape index (κ2) is 7.18. The van der Waals surface area contributed by atoms with E-state index in [1.807, 2.05) is 24.3 Å². The summed E-state index contributed by atoms with van der Waals surface area (Å²) in [5.74, 6) is 0.375. The van der Waals surface area contributed by atoms with E-state index in [4.69, 9.17) is 27.6 Å². The van der Waals surface area contributed by atoms with Crippen LogP contribution >= 0.6 is 23.2 Å². The number of amides is 1. The quantitative estimate of drug-likeness (QED) is 0.536. The summed E-state index contributed by atoms with van der Waals surface area (Å²) < 4.78 is 5.66. The summed E-state index contributed by atoms with van der Waals surface area (Å²) >= 11 is 12.2. The molecule has 0 saturated heterocycles. The predicted molar refractivity (Wildman–Crippen MR) is 107 cm³/mol. The van der Waals surface area contributed by atoms with Crippen molar-refractivity contribution in [3.63, 3.8) is 0 Å². The maximum Gasteiger partial charge on any atom is 0.291 e. The highest BCUT2D eigenvalue weighted by Gasteiger charge is 2.16. The van der Waals surface area contributed by atoms with Crippen molar-refractivity contribution in [3.8, 4) is 11.3 Å². The Bertz CT molecular complexity index is 937. The Balaban J connectivity index is 1.77. The number of carbonyl (C=O) groups excluding carboxylic acids is 1. The highest BCUT2D eigenvalue weighted by molar-refractivity contribution is 6.43. The van der Waals surface area contributed by atoms with Gasteiger partial charge in [0.2, 0.25) is 0 Å². The van der Waals surface area contributed by atoms with Gasteiger partial charge in [0.25, 0.3) is 5.91 Å². The van der Waals surface area contributed by atoms with E-state index in [0.29, 0.717) is 27.1 Å². The van der Waals surface area contributed by atoms with Crippen LogP contribution < -0.4 is 5.32 Å². The zero-order valence-corrected chi connectivity index (χ0v) is 16.3. The molecule has 1 N–H and O–H groups in total. The van der Waals surface area contributed by atoms with Gasteiger partial charge in [-0.3, -0.25) is 4.79 Å². The number of hydrogen-bond acceptors (Lipinski definition) is 2. The third kappa shape index (κ3) is 3.95. The molecule has 0 saturated carbocycles. The fraction of sp³-hybridized carbons (Fsp3) is 0.190. The molecule has 0 aliphatic carbocycles. The number of benzene rings is 2. The number of carbonyl (C=O) groups is 1. The minimum absolute atomic E-state index is 0.0642. The smallest absolute Gasteiger partial charge is 0.291 e. The van der Waals surface area contributed by atoms with Crippen LogP contribution in [0, 0.1) is 0 Å². The highest BCUT2D eigenvalue weighted by Crippen LogP contribution is 2.34. The first-order chi connectivity index (χ1) is 12.3. The molecule has 5 heteroatoms. The third-order valence-electron chi connectivity index (χ3n) is 4.06. The fourth-order valence-electron chi connectivity index (χ4n) is 2.55. The first kappa shape index (κ1) is 18.6. The number of nitrogens with one attached hydrogen (secondary N) is 1. The van der Waals surface area contributed by atoms with Crippen LogP contribution in [0.4, 0.5) is 5.69 Å². The molecular formula is C21H19Cl2NO2. The number of halogens is 2. The molecule has 3 aromatic rings. The van der Waals surface area contributed by atoms with Gasteiger partial charge in [0.15, 0.2) is 5.76 Å². The molecule has 0 aliphatic heterocycles. The zero-order valence-electron chi connectivity index (χ0n) is 14.8. The standard InChI is InChI=1S/C21H19Cl2NO2/c1-21(2,3)13-7-9-14(10-8-13)24-20(25)18-12-11-17(26-18)15-5-4-6-16(22)19(15)23/h4-12H,1-3H3,(H,24,25). The van der Waals surface area contributed by atoms with Gasteiger partial charge in [-0.05, 0) is 47.4 Å². The van der Waals surface area contributed by atoms with Gasteiger partial charge < -0.3 is 9.73 Å². The molecule has 1 aromatic heterocycles. The monoisotopic (exact) mass is 387 g/mol. The molecule has 0 unspecified atom stereocenters. The highest BCUT2D eigenvalue weighted by atomic mass is 35.5. The second-order valence-corrected chi connectivity index (χ2v) is 7.83. The van der Waals surface area contributed by atoms with Crippen molar-refractivity contribution in [2.24, 2.45) is 0 Å². The summed E-state index contributed by atoms with van der Waals surface area (Å²) in [5, 5.41) is 3.67. The Morgan fingerprint density at radius 1 is 0.962 bits per heavy atom. The van der Waals surface area contributed by atoms with Gasteiger partial charge in [0.05, 0.1) is 10.0 Å². The maximum absolute atomic E-state index is 12.4. The predicted octanol–water partition coefficient (Wildman–Crippen LogP) is 6.80. The van der Waals surface area contributed by atoms with E-state index in [0.717, 1.165) is 0 Å². The van der Waals surface area contributed by atoms with Crippen LogP contribution in [0.15, 0.2) is 59.0 Å². The summed E-state index contributed by atoms with van der Waals surface area (Å²) in [7, 11) is 0. The number of rotatable bonds is 3. The van der Waals surface area contributed by atoms with E-state index in [1.54, 1.807) is 30.3 Å². The lowest BCUT2D eigenvalue weighted by Crippen LogP contribution is -2.13. The molecule has 1 amide bonds. The van der Waals surface area contributed by atoms with Crippen LogP contribution in [0.1, 0.15) is 36.9 Å². The van der Waals surface area contributed by atoms with Gasteiger partial charge in [0.1, 0.15) is 5.76 Å². The Kier molecular flexibility index (Phi) is 5.12. The van der Waals surface area contributed by atoms with Crippen LogP contribution in [0.5, 0.6) is 0 Å². The Labute approximate surface area is 162 Å². The molecule has 0 aliphatic rings. The minimum Gasteiger partial charge on any atom is -0.451 e. The maximum atomic E-state index is 12.4. The second-order valence-electron chi connectivity index (χ2n) is 7.05. The van der Waals surface area contributed by atoms with E-state index in [1.165, 1.54) is 5.56 Å². The first-order valence-corrected chi connectivity index (χ1v) is 8.97. The largest absolute Gasteiger partial charge is 0.451 e. The summed E-state index contributed by atoms with van der Waals surface area (Å²) in [6.45, 7) is 6.43. The molecule has 1 heterocycles.